The van der Waals surface area contributed by atoms with Crippen LogP contribution in [0, 0.1) is 17.1 Å². The quantitative estimate of drug-likeness (QED) is 0.604. The predicted molar refractivity (Wildman–Crippen MR) is 90.6 cm³/mol. The zero-order valence-corrected chi connectivity index (χ0v) is 14.1. The number of fused-ring (bicyclic) bond motifs is 1. The van der Waals surface area contributed by atoms with Crippen molar-refractivity contribution >= 4 is 45.6 Å². The van der Waals surface area contributed by atoms with E-state index >= 15 is 0 Å². The van der Waals surface area contributed by atoms with Crippen LogP contribution in [0.25, 0.3) is 11.0 Å². The fourth-order valence-electron chi connectivity index (χ4n) is 2.20. The zero-order valence-electron chi connectivity index (χ0n) is 12.6. The van der Waals surface area contributed by atoms with Gasteiger partial charge in [0, 0.05) is 6.20 Å². The first kappa shape index (κ1) is 18.0. The van der Waals surface area contributed by atoms with Gasteiger partial charge in [0.25, 0.3) is 0 Å². The summed E-state index contributed by atoms with van der Waals surface area (Å²) in [7, 11) is 0. The van der Waals surface area contributed by atoms with Crippen LogP contribution < -0.4 is 10.1 Å². The van der Waals surface area contributed by atoms with Crippen molar-refractivity contribution in [2.45, 2.75) is 6.61 Å². The minimum atomic E-state index is -3.15. The van der Waals surface area contributed by atoms with Crippen LogP contribution in [0.3, 0.4) is 0 Å². The number of nitrogens with one attached hydrogen (secondary N) is 1. The molecule has 0 aliphatic carbocycles. The number of anilines is 2. The Kier molecular flexibility index (Phi) is 5.02. The molecule has 0 saturated carbocycles. The first-order chi connectivity index (χ1) is 12.4. The second-order valence-corrected chi connectivity index (χ2v) is 5.67. The molecule has 5 nitrogen and oxygen atoms in total. The predicted octanol–water partition coefficient (Wildman–Crippen LogP) is 5.29. The van der Waals surface area contributed by atoms with E-state index in [0.717, 1.165) is 12.1 Å². The van der Waals surface area contributed by atoms with Crippen LogP contribution >= 0.6 is 23.2 Å². The Hall–Kier alpha value is -2.76. The Morgan fingerprint density at radius 2 is 1.96 bits per heavy atom. The number of pyridine rings is 2. The summed E-state index contributed by atoms with van der Waals surface area (Å²) in [6.45, 7) is -3.15. The lowest BCUT2D eigenvalue weighted by Crippen LogP contribution is -2.05. The maximum absolute atomic E-state index is 14.4. The average molecular weight is 399 g/mol. The van der Waals surface area contributed by atoms with Crippen LogP contribution in [0.5, 0.6) is 5.75 Å². The maximum Gasteiger partial charge on any atom is 0.387 e. The van der Waals surface area contributed by atoms with E-state index in [4.69, 9.17) is 23.2 Å². The Balaban J connectivity index is 2.11. The lowest BCUT2D eigenvalue weighted by atomic mass is 10.2. The van der Waals surface area contributed by atoms with Gasteiger partial charge in [0.2, 0.25) is 0 Å². The number of nitrogens with zero attached hydrogens (tertiary/aromatic N) is 3. The summed E-state index contributed by atoms with van der Waals surface area (Å²) >= 11 is 11.6. The third-order valence-electron chi connectivity index (χ3n) is 3.32. The summed E-state index contributed by atoms with van der Waals surface area (Å²) in [6, 6.07) is 7.24. The molecule has 10 heteroatoms. The van der Waals surface area contributed by atoms with E-state index in [1.807, 2.05) is 6.07 Å². The highest BCUT2D eigenvalue weighted by atomic mass is 35.5. The molecule has 0 amide bonds. The monoisotopic (exact) mass is 398 g/mol. The van der Waals surface area contributed by atoms with Crippen molar-refractivity contribution in [3.05, 3.63) is 52.0 Å². The molecule has 0 radical (unpaired) electrons. The molecule has 0 bridgehead atoms. The van der Waals surface area contributed by atoms with Crippen molar-refractivity contribution in [2.24, 2.45) is 0 Å². The molecule has 3 aromatic rings. The Labute approximate surface area is 154 Å². The molecule has 0 aliphatic rings. The van der Waals surface area contributed by atoms with E-state index in [1.54, 1.807) is 6.07 Å². The van der Waals surface area contributed by atoms with Gasteiger partial charge in [-0.25, -0.2) is 9.37 Å². The first-order valence-electron chi connectivity index (χ1n) is 6.96. The summed E-state index contributed by atoms with van der Waals surface area (Å²) < 4.78 is 43.2. The van der Waals surface area contributed by atoms with Crippen molar-refractivity contribution < 1.29 is 17.9 Å². The van der Waals surface area contributed by atoms with Gasteiger partial charge in [-0.3, -0.25) is 4.98 Å². The molecular weight excluding hydrogens is 392 g/mol. The smallest absolute Gasteiger partial charge is 0.387 e. The molecule has 132 valence electrons. The molecule has 1 aromatic carbocycles. The fourth-order valence-corrected chi connectivity index (χ4v) is 2.56. The Bertz CT molecular complexity index is 1040. The SMILES string of the molecule is N#Cc1cnc2ccc(Cl)nc2c1Nc1ccc(OC(F)F)c(Cl)c1F. The number of alkyl halides is 2. The van der Waals surface area contributed by atoms with Crippen molar-refractivity contribution in [1.82, 2.24) is 9.97 Å². The lowest BCUT2D eigenvalue weighted by Gasteiger charge is -2.14. The number of ether oxygens (including phenoxy) is 1. The van der Waals surface area contributed by atoms with Crippen molar-refractivity contribution in [3.63, 3.8) is 0 Å². The second-order valence-electron chi connectivity index (χ2n) is 4.90. The molecular formula is C16H7Cl2F3N4O. The van der Waals surface area contributed by atoms with Gasteiger partial charge in [0.1, 0.15) is 27.5 Å². The molecule has 0 aliphatic heterocycles. The lowest BCUT2D eigenvalue weighted by molar-refractivity contribution is -0.0499. The van der Waals surface area contributed by atoms with Crippen LogP contribution in [0.1, 0.15) is 5.56 Å². The number of rotatable bonds is 4. The topological polar surface area (TPSA) is 70.8 Å². The van der Waals surface area contributed by atoms with Gasteiger partial charge < -0.3 is 10.1 Å². The summed E-state index contributed by atoms with van der Waals surface area (Å²) in [5, 5.41) is 11.5. The minimum absolute atomic E-state index is 0.0793. The van der Waals surface area contributed by atoms with Gasteiger partial charge in [-0.1, -0.05) is 23.2 Å². The second kappa shape index (κ2) is 7.23. The van der Waals surface area contributed by atoms with Gasteiger partial charge in [0.05, 0.1) is 22.5 Å². The highest BCUT2D eigenvalue weighted by Crippen LogP contribution is 2.36. The standard InChI is InChI=1S/C16H7Cl2F3N4O/c17-11-4-2-9-15(25-11)14(7(5-22)6-23-9)24-8-1-3-10(26-16(20)21)12(18)13(8)19/h1-4,6,16H,(H,23,24). The Morgan fingerprint density at radius 1 is 1.19 bits per heavy atom. The van der Waals surface area contributed by atoms with Gasteiger partial charge >= 0.3 is 6.61 Å². The molecule has 1 N–H and O–H groups in total. The maximum atomic E-state index is 14.4. The van der Waals surface area contributed by atoms with E-state index in [9.17, 15) is 18.4 Å². The third kappa shape index (κ3) is 3.45. The van der Waals surface area contributed by atoms with Crippen LogP contribution in [-0.2, 0) is 0 Å². The summed E-state index contributed by atoms with van der Waals surface area (Å²) in [5.74, 6) is -1.54. The van der Waals surface area contributed by atoms with Gasteiger partial charge in [-0.15, -0.1) is 0 Å². The summed E-state index contributed by atoms with van der Waals surface area (Å²) in [5.41, 5.74) is 0.718. The highest BCUT2D eigenvalue weighted by molar-refractivity contribution is 6.32. The molecule has 0 atom stereocenters. The molecule has 0 fully saturated rings. The fraction of sp³-hybridized carbons (Fsp3) is 0.0625. The summed E-state index contributed by atoms with van der Waals surface area (Å²) in [6.07, 6.45) is 1.29. The number of hydrogen-bond donors (Lipinski definition) is 1. The molecule has 26 heavy (non-hydrogen) atoms. The van der Waals surface area contributed by atoms with Crippen LogP contribution in [0.15, 0.2) is 30.5 Å². The molecule has 0 unspecified atom stereocenters. The number of aromatic nitrogens is 2. The molecule has 0 spiro atoms. The average Bonchev–Trinajstić information content (AvgIpc) is 2.61. The zero-order chi connectivity index (χ0) is 18.8. The number of halogens is 5. The summed E-state index contributed by atoms with van der Waals surface area (Å²) in [4.78, 5) is 8.17. The third-order valence-corrected chi connectivity index (χ3v) is 3.88. The van der Waals surface area contributed by atoms with E-state index in [2.05, 4.69) is 20.0 Å². The van der Waals surface area contributed by atoms with Gasteiger partial charge in [-0.05, 0) is 24.3 Å². The van der Waals surface area contributed by atoms with Gasteiger partial charge in [0.15, 0.2) is 5.82 Å². The van der Waals surface area contributed by atoms with Crippen LogP contribution in [-0.4, -0.2) is 16.6 Å². The highest BCUT2D eigenvalue weighted by Gasteiger charge is 2.18. The number of nitriles is 1. The van der Waals surface area contributed by atoms with Crippen molar-refractivity contribution in [1.29, 1.82) is 5.26 Å². The van der Waals surface area contributed by atoms with Gasteiger partial charge in [-0.2, -0.15) is 14.0 Å². The van der Waals surface area contributed by atoms with Crippen molar-refractivity contribution in [2.75, 3.05) is 5.32 Å². The first-order valence-corrected chi connectivity index (χ1v) is 7.71. The van der Waals surface area contributed by atoms with E-state index in [1.165, 1.54) is 12.3 Å². The van der Waals surface area contributed by atoms with E-state index in [0.29, 0.717) is 5.52 Å². The normalized spacial score (nSPS) is 10.8. The minimum Gasteiger partial charge on any atom is -0.433 e. The largest absolute Gasteiger partial charge is 0.433 e. The van der Waals surface area contributed by atoms with Crippen LogP contribution in [0.4, 0.5) is 24.5 Å². The van der Waals surface area contributed by atoms with Crippen LogP contribution in [0.2, 0.25) is 10.2 Å². The molecule has 3 rings (SSSR count). The van der Waals surface area contributed by atoms with E-state index in [-0.39, 0.29) is 27.6 Å². The van der Waals surface area contributed by atoms with Crippen molar-refractivity contribution in [3.8, 4) is 11.8 Å². The Morgan fingerprint density at radius 3 is 2.65 bits per heavy atom. The number of benzene rings is 1. The molecule has 2 aromatic heterocycles. The van der Waals surface area contributed by atoms with E-state index < -0.39 is 23.2 Å². The molecule has 0 saturated heterocycles. The molecule has 2 heterocycles. The number of hydrogen-bond acceptors (Lipinski definition) is 5.